The van der Waals surface area contributed by atoms with Gasteiger partial charge in [0.1, 0.15) is 23.4 Å². The lowest BCUT2D eigenvalue weighted by Gasteiger charge is -2.31. The molecule has 3 aromatic carbocycles. The van der Waals surface area contributed by atoms with Crippen molar-refractivity contribution in [2.75, 3.05) is 0 Å². The van der Waals surface area contributed by atoms with E-state index in [2.05, 4.69) is 16.7 Å². The van der Waals surface area contributed by atoms with Crippen molar-refractivity contribution >= 4 is 17.9 Å². The quantitative estimate of drug-likeness (QED) is 0.257. The average molecular weight is 556 g/mol. The maximum atomic E-state index is 14.1. The van der Waals surface area contributed by atoms with E-state index in [0.29, 0.717) is 11.1 Å². The number of rotatable bonds is 9. The van der Waals surface area contributed by atoms with Gasteiger partial charge >= 0.3 is 6.09 Å². The summed E-state index contributed by atoms with van der Waals surface area (Å²) in [6, 6.07) is 21.2. The number of nitrogens with zero attached hydrogens (tertiary/aromatic N) is 1. The van der Waals surface area contributed by atoms with Gasteiger partial charge in [0.2, 0.25) is 5.91 Å². The minimum atomic E-state index is -1.17. The molecule has 0 spiro atoms. The van der Waals surface area contributed by atoms with Gasteiger partial charge in [-0.05, 0) is 74.6 Å². The van der Waals surface area contributed by atoms with Crippen LogP contribution < -0.4 is 10.6 Å². The van der Waals surface area contributed by atoms with Crippen LogP contribution in [0.3, 0.4) is 0 Å². The molecule has 3 aromatic rings. The Labute approximate surface area is 241 Å². The number of benzene rings is 3. The summed E-state index contributed by atoms with van der Waals surface area (Å²) in [7, 11) is 0. The van der Waals surface area contributed by atoms with Gasteiger partial charge in [0.05, 0.1) is 0 Å². The number of nitrogens with one attached hydrogen (secondary N) is 2. The normalized spacial score (nSPS) is 12.4. The molecule has 0 saturated heterocycles. The molecule has 3 rings (SSSR count). The molecular weight excluding hydrogens is 518 g/mol. The maximum absolute atomic E-state index is 14.1. The molecular formula is C33H37N3O5. The van der Waals surface area contributed by atoms with Crippen LogP contribution in [0.2, 0.25) is 0 Å². The number of phenols is 1. The molecule has 214 valence electrons. The number of aromatic hydroxyl groups is 1. The van der Waals surface area contributed by atoms with Gasteiger partial charge in [-0.3, -0.25) is 14.5 Å². The van der Waals surface area contributed by atoms with Crippen molar-refractivity contribution in [1.82, 2.24) is 15.5 Å². The van der Waals surface area contributed by atoms with Gasteiger partial charge in [0.15, 0.2) is 0 Å². The molecule has 8 nitrogen and oxygen atoms in total. The van der Waals surface area contributed by atoms with Gasteiger partial charge in [0, 0.05) is 19.0 Å². The molecule has 3 amide bonds. The Morgan fingerprint density at radius 1 is 0.951 bits per heavy atom. The molecule has 41 heavy (non-hydrogen) atoms. The van der Waals surface area contributed by atoms with E-state index >= 15 is 0 Å². The topological polar surface area (TPSA) is 108 Å². The van der Waals surface area contributed by atoms with E-state index < -0.39 is 35.6 Å². The van der Waals surface area contributed by atoms with Gasteiger partial charge in [-0.2, -0.15) is 0 Å². The zero-order valence-electron chi connectivity index (χ0n) is 24.1. The molecule has 0 heterocycles. The highest BCUT2D eigenvalue weighted by atomic mass is 16.6. The third-order valence-corrected chi connectivity index (χ3v) is 6.40. The zero-order valence-corrected chi connectivity index (χ0v) is 24.1. The first-order valence-electron chi connectivity index (χ1n) is 13.3. The largest absolute Gasteiger partial charge is 0.508 e. The Hall–Kier alpha value is -4.77. The SMILES string of the molecule is C#CN(C(=O)C(Cc1ccc(O)cc1)NC(=O)OC(C)(C)C)C(C(=O)NCc1ccccc1)c1ccc(C)c(C)c1. The van der Waals surface area contributed by atoms with Crippen molar-refractivity contribution < 1.29 is 24.2 Å². The van der Waals surface area contributed by atoms with Gasteiger partial charge in [-0.15, -0.1) is 0 Å². The predicted octanol–water partition coefficient (Wildman–Crippen LogP) is 4.92. The van der Waals surface area contributed by atoms with Crippen LogP contribution in [0.4, 0.5) is 4.79 Å². The Bertz CT molecular complexity index is 1410. The van der Waals surface area contributed by atoms with Gasteiger partial charge in [0.25, 0.3) is 5.91 Å². The van der Waals surface area contributed by atoms with Crippen molar-refractivity contribution in [3.8, 4) is 18.2 Å². The number of alkyl carbamates (subject to hydrolysis) is 1. The van der Waals surface area contributed by atoms with Gasteiger partial charge < -0.3 is 20.5 Å². The summed E-state index contributed by atoms with van der Waals surface area (Å²) in [5, 5.41) is 15.2. The number of phenolic OH excluding ortho intramolecular Hbond substituents is 1. The summed E-state index contributed by atoms with van der Waals surface area (Å²) in [5.74, 6) is -1.07. The van der Waals surface area contributed by atoms with Crippen molar-refractivity contribution in [3.63, 3.8) is 0 Å². The molecule has 0 aliphatic heterocycles. The highest BCUT2D eigenvalue weighted by molar-refractivity contribution is 5.93. The number of hydrogen-bond acceptors (Lipinski definition) is 5. The first-order chi connectivity index (χ1) is 19.4. The van der Waals surface area contributed by atoms with E-state index in [4.69, 9.17) is 11.2 Å². The third kappa shape index (κ3) is 8.87. The van der Waals surface area contributed by atoms with E-state index in [1.807, 2.05) is 56.3 Å². The average Bonchev–Trinajstić information content (AvgIpc) is 2.92. The lowest BCUT2D eigenvalue weighted by Crippen LogP contribution is -2.52. The lowest BCUT2D eigenvalue weighted by atomic mass is 9.97. The van der Waals surface area contributed by atoms with Crippen LogP contribution in [0.25, 0.3) is 0 Å². The highest BCUT2D eigenvalue weighted by Gasteiger charge is 2.36. The zero-order chi connectivity index (χ0) is 30.2. The number of terminal acetylenes is 1. The third-order valence-electron chi connectivity index (χ3n) is 6.40. The number of amides is 3. The molecule has 3 N–H and O–H groups in total. The molecule has 0 fully saturated rings. The van der Waals surface area contributed by atoms with Crippen LogP contribution in [-0.4, -0.2) is 39.6 Å². The summed E-state index contributed by atoms with van der Waals surface area (Å²) in [6.45, 7) is 9.24. The molecule has 0 aliphatic carbocycles. The second-order valence-electron chi connectivity index (χ2n) is 10.9. The van der Waals surface area contributed by atoms with Crippen LogP contribution in [0, 0.1) is 26.3 Å². The second-order valence-corrected chi connectivity index (χ2v) is 10.9. The predicted molar refractivity (Wildman–Crippen MR) is 158 cm³/mol. The van der Waals surface area contributed by atoms with Gasteiger partial charge in [-0.25, -0.2) is 4.79 Å². The maximum Gasteiger partial charge on any atom is 0.408 e. The van der Waals surface area contributed by atoms with E-state index in [-0.39, 0.29) is 18.7 Å². The Kier molecular flexibility index (Phi) is 10.2. The van der Waals surface area contributed by atoms with Crippen molar-refractivity contribution in [2.45, 2.75) is 65.3 Å². The van der Waals surface area contributed by atoms with E-state index in [9.17, 15) is 19.5 Å². The number of hydrogen-bond donors (Lipinski definition) is 3. The van der Waals surface area contributed by atoms with Crippen molar-refractivity contribution in [3.05, 3.63) is 101 Å². The van der Waals surface area contributed by atoms with Crippen molar-refractivity contribution in [2.24, 2.45) is 0 Å². The molecule has 8 heteroatoms. The van der Waals surface area contributed by atoms with E-state index in [1.54, 1.807) is 39.0 Å². The van der Waals surface area contributed by atoms with Crippen LogP contribution >= 0.6 is 0 Å². The first kappa shape index (κ1) is 30.8. The fourth-order valence-electron chi connectivity index (χ4n) is 4.19. The molecule has 0 saturated carbocycles. The van der Waals surface area contributed by atoms with Gasteiger partial charge in [-0.1, -0.05) is 67.1 Å². The van der Waals surface area contributed by atoms with E-state index in [1.165, 1.54) is 12.1 Å². The standard InChI is InChI=1S/C33H37N3O5/c1-7-36(31(39)28(35-32(40)41-33(4,5)6)20-24-14-17-27(37)18-15-24)29(26-16-13-22(2)23(3)19-26)30(38)34-21-25-11-9-8-10-12-25/h1,8-19,28-29,37H,20-21H2,2-6H3,(H,34,38)(H,35,40). The first-order valence-corrected chi connectivity index (χ1v) is 13.3. The molecule has 2 unspecified atom stereocenters. The molecule has 0 bridgehead atoms. The summed E-state index contributed by atoms with van der Waals surface area (Å²) in [4.78, 5) is 41.6. The Morgan fingerprint density at radius 3 is 2.20 bits per heavy atom. The molecule has 2 atom stereocenters. The molecule has 0 radical (unpaired) electrons. The lowest BCUT2D eigenvalue weighted by molar-refractivity contribution is -0.138. The summed E-state index contributed by atoms with van der Waals surface area (Å²) < 4.78 is 5.41. The minimum absolute atomic E-state index is 0.0435. The summed E-state index contributed by atoms with van der Waals surface area (Å²) >= 11 is 0. The Morgan fingerprint density at radius 2 is 1.61 bits per heavy atom. The van der Waals surface area contributed by atoms with Crippen LogP contribution in [0.15, 0.2) is 72.8 Å². The second kappa shape index (κ2) is 13.5. The summed E-state index contributed by atoms with van der Waals surface area (Å²) in [6.07, 6.45) is 5.15. The molecule has 0 aliphatic rings. The fraction of sp³-hybridized carbons (Fsp3) is 0.303. The number of carbonyl (C=O) groups excluding carboxylic acids is 3. The minimum Gasteiger partial charge on any atom is -0.508 e. The number of aryl methyl sites for hydroxylation is 2. The Balaban J connectivity index is 1.99. The summed E-state index contributed by atoms with van der Waals surface area (Å²) in [5.41, 5.74) is 3.22. The highest BCUT2D eigenvalue weighted by Crippen LogP contribution is 2.25. The van der Waals surface area contributed by atoms with Crippen molar-refractivity contribution in [1.29, 1.82) is 0 Å². The molecule has 0 aromatic heterocycles. The number of ether oxygens (including phenoxy) is 1. The van der Waals surface area contributed by atoms with Crippen LogP contribution in [0.1, 0.15) is 54.6 Å². The monoisotopic (exact) mass is 555 g/mol. The fourth-order valence-corrected chi connectivity index (χ4v) is 4.19. The smallest absolute Gasteiger partial charge is 0.408 e. The van der Waals surface area contributed by atoms with E-state index in [0.717, 1.165) is 21.6 Å². The number of carbonyl (C=O) groups is 3. The van der Waals surface area contributed by atoms with Crippen LogP contribution in [-0.2, 0) is 27.3 Å². The van der Waals surface area contributed by atoms with Crippen LogP contribution in [0.5, 0.6) is 5.75 Å².